The molecule has 1 heterocycles. The zero-order valence-electron chi connectivity index (χ0n) is 9.70. The summed E-state index contributed by atoms with van der Waals surface area (Å²) >= 11 is 0. The Morgan fingerprint density at radius 3 is 2.69 bits per heavy atom. The van der Waals surface area contributed by atoms with E-state index in [4.69, 9.17) is 0 Å². The minimum absolute atomic E-state index is 0.845. The predicted molar refractivity (Wildman–Crippen MR) is 67.5 cm³/mol. The molecule has 0 aliphatic heterocycles. The quantitative estimate of drug-likeness (QED) is 0.844. The van der Waals surface area contributed by atoms with Crippen LogP contribution in [0.1, 0.15) is 16.7 Å². The van der Waals surface area contributed by atoms with Crippen LogP contribution >= 0.6 is 0 Å². The van der Waals surface area contributed by atoms with Crippen molar-refractivity contribution >= 4 is 5.69 Å². The Labute approximate surface area is 96.4 Å². The van der Waals surface area contributed by atoms with E-state index in [-0.39, 0.29) is 0 Å². The molecule has 0 spiro atoms. The zero-order valence-corrected chi connectivity index (χ0v) is 9.70. The van der Waals surface area contributed by atoms with Crippen LogP contribution in [-0.4, -0.2) is 4.98 Å². The first-order chi connectivity index (χ1) is 7.75. The van der Waals surface area contributed by atoms with Crippen LogP contribution < -0.4 is 5.32 Å². The van der Waals surface area contributed by atoms with Crippen molar-refractivity contribution in [2.24, 2.45) is 0 Å². The summed E-state index contributed by atoms with van der Waals surface area (Å²) in [6, 6.07) is 10.5. The molecule has 16 heavy (non-hydrogen) atoms. The maximum Gasteiger partial charge on any atom is 0.0532 e. The molecule has 0 bridgehead atoms. The van der Waals surface area contributed by atoms with Crippen LogP contribution in [0.2, 0.25) is 0 Å². The largest absolute Gasteiger partial charge is 0.380 e. The van der Waals surface area contributed by atoms with Crippen molar-refractivity contribution in [3.8, 4) is 0 Å². The van der Waals surface area contributed by atoms with Crippen LogP contribution in [0.3, 0.4) is 0 Å². The van der Waals surface area contributed by atoms with E-state index in [2.05, 4.69) is 47.6 Å². The molecule has 0 saturated heterocycles. The number of nitrogens with zero attached hydrogens (tertiary/aromatic N) is 1. The van der Waals surface area contributed by atoms with E-state index < -0.39 is 0 Å². The van der Waals surface area contributed by atoms with Gasteiger partial charge in [0.2, 0.25) is 0 Å². The predicted octanol–water partition coefficient (Wildman–Crippen LogP) is 3.31. The Balaban J connectivity index is 2.05. The molecule has 0 unspecified atom stereocenters. The number of aromatic nitrogens is 1. The van der Waals surface area contributed by atoms with Gasteiger partial charge in [-0.15, -0.1) is 0 Å². The number of aryl methyl sites for hydroxylation is 2. The summed E-state index contributed by atoms with van der Waals surface area (Å²) in [4.78, 5) is 4.16. The molecule has 1 aromatic heterocycles. The normalized spacial score (nSPS) is 10.1. The van der Waals surface area contributed by atoms with Crippen molar-refractivity contribution < 1.29 is 0 Å². The van der Waals surface area contributed by atoms with Crippen LogP contribution in [0.4, 0.5) is 5.69 Å². The molecule has 0 saturated carbocycles. The van der Waals surface area contributed by atoms with Crippen molar-refractivity contribution in [2.75, 3.05) is 5.32 Å². The number of nitrogens with one attached hydrogen (secondary N) is 1. The van der Waals surface area contributed by atoms with Gasteiger partial charge in [-0.2, -0.15) is 0 Å². The number of hydrogen-bond acceptors (Lipinski definition) is 2. The number of rotatable bonds is 3. The topological polar surface area (TPSA) is 24.9 Å². The summed E-state index contributed by atoms with van der Waals surface area (Å²) in [5.74, 6) is 0. The zero-order chi connectivity index (χ0) is 11.4. The lowest BCUT2D eigenvalue weighted by atomic mass is 10.1. The van der Waals surface area contributed by atoms with E-state index in [1.165, 1.54) is 16.7 Å². The first kappa shape index (κ1) is 10.7. The van der Waals surface area contributed by atoms with Gasteiger partial charge in [0.15, 0.2) is 0 Å². The third-order valence-corrected chi connectivity index (χ3v) is 2.62. The third-order valence-electron chi connectivity index (χ3n) is 2.62. The van der Waals surface area contributed by atoms with Crippen LogP contribution in [0.15, 0.2) is 42.7 Å². The van der Waals surface area contributed by atoms with Crippen LogP contribution in [-0.2, 0) is 6.54 Å². The number of pyridine rings is 1. The second-order valence-corrected chi connectivity index (χ2v) is 4.03. The highest BCUT2D eigenvalue weighted by atomic mass is 14.9. The van der Waals surface area contributed by atoms with Gasteiger partial charge < -0.3 is 5.32 Å². The molecule has 2 nitrogen and oxygen atoms in total. The fourth-order valence-corrected chi connectivity index (χ4v) is 1.66. The number of anilines is 1. The fourth-order valence-electron chi connectivity index (χ4n) is 1.66. The standard InChI is InChI=1S/C14H16N2/c1-11-7-14(10-15-8-11)16-9-13-6-4-3-5-12(13)2/h3-8,10,16H,9H2,1-2H3. The monoisotopic (exact) mass is 212 g/mol. The molecule has 2 rings (SSSR count). The van der Waals surface area contributed by atoms with Crippen LogP contribution in [0, 0.1) is 13.8 Å². The van der Waals surface area contributed by atoms with Crippen molar-refractivity contribution in [3.05, 3.63) is 59.4 Å². The van der Waals surface area contributed by atoms with E-state index >= 15 is 0 Å². The van der Waals surface area contributed by atoms with E-state index in [1.807, 2.05) is 19.3 Å². The second kappa shape index (κ2) is 4.79. The molecule has 1 N–H and O–H groups in total. The van der Waals surface area contributed by atoms with Crippen molar-refractivity contribution in [1.29, 1.82) is 0 Å². The average Bonchev–Trinajstić information content (AvgIpc) is 2.28. The van der Waals surface area contributed by atoms with Gasteiger partial charge in [-0.25, -0.2) is 0 Å². The molecule has 82 valence electrons. The third kappa shape index (κ3) is 2.60. The van der Waals surface area contributed by atoms with Gasteiger partial charge in [-0.05, 0) is 36.6 Å². The first-order valence-electron chi connectivity index (χ1n) is 5.46. The lowest BCUT2D eigenvalue weighted by Gasteiger charge is -2.08. The first-order valence-corrected chi connectivity index (χ1v) is 5.46. The summed E-state index contributed by atoms with van der Waals surface area (Å²) in [5.41, 5.74) is 4.89. The summed E-state index contributed by atoms with van der Waals surface area (Å²) < 4.78 is 0. The molecular weight excluding hydrogens is 196 g/mol. The Hall–Kier alpha value is -1.83. The smallest absolute Gasteiger partial charge is 0.0532 e. The molecular formula is C14H16N2. The van der Waals surface area contributed by atoms with Crippen molar-refractivity contribution in [1.82, 2.24) is 4.98 Å². The van der Waals surface area contributed by atoms with E-state index in [0.29, 0.717) is 0 Å². The fraction of sp³-hybridized carbons (Fsp3) is 0.214. The van der Waals surface area contributed by atoms with E-state index in [1.54, 1.807) is 0 Å². The molecule has 0 aliphatic carbocycles. The van der Waals surface area contributed by atoms with Gasteiger partial charge in [0, 0.05) is 18.9 Å². The van der Waals surface area contributed by atoms with Crippen molar-refractivity contribution in [3.63, 3.8) is 0 Å². The maximum atomic E-state index is 4.16. The summed E-state index contributed by atoms with van der Waals surface area (Å²) in [7, 11) is 0. The molecule has 0 atom stereocenters. The molecule has 0 amide bonds. The minimum Gasteiger partial charge on any atom is -0.380 e. The molecule has 2 aromatic rings. The van der Waals surface area contributed by atoms with Gasteiger partial charge in [0.25, 0.3) is 0 Å². The van der Waals surface area contributed by atoms with Gasteiger partial charge in [-0.3, -0.25) is 4.98 Å². The van der Waals surface area contributed by atoms with Gasteiger partial charge in [0.1, 0.15) is 0 Å². The highest BCUT2D eigenvalue weighted by Crippen LogP contribution is 2.12. The molecule has 2 heteroatoms. The van der Waals surface area contributed by atoms with E-state index in [9.17, 15) is 0 Å². The molecule has 0 aliphatic rings. The molecule has 0 fully saturated rings. The summed E-state index contributed by atoms with van der Waals surface area (Å²) in [5, 5.41) is 3.38. The summed E-state index contributed by atoms with van der Waals surface area (Å²) in [6.07, 6.45) is 3.71. The Bertz CT molecular complexity index is 478. The van der Waals surface area contributed by atoms with Crippen LogP contribution in [0.25, 0.3) is 0 Å². The van der Waals surface area contributed by atoms with Crippen molar-refractivity contribution in [2.45, 2.75) is 20.4 Å². The lowest BCUT2D eigenvalue weighted by Crippen LogP contribution is -2.01. The SMILES string of the molecule is Cc1cncc(NCc2ccccc2C)c1. The van der Waals surface area contributed by atoms with Gasteiger partial charge >= 0.3 is 0 Å². The second-order valence-electron chi connectivity index (χ2n) is 4.03. The summed E-state index contributed by atoms with van der Waals surface area (Å²) in [6.45, 7) is 5.02. The van der Waals surface area contributed by atoms with E-state index in [0.717, 1.165) is 12.2 Å². The number of benzene rings is 1. The average molecular weight is 212 g/mol. The van der Waals surface area contributed by atoms with Gasteiger partial charge in [-0.1, -0.05) is 24.3 Å². The Kier molecular flexibility index (Phi) is 3.20. The highest BCUT2D eigenvalue weighted by Gasteiger charge is 1.97. The minimum atomic E-state index is 0.845. The van der Waals surface area contributed by atoms with Gasteiger partial charge in [0.05, 0.1) is 5.69 Å². The number of hydrogen-bond donors (Lipinski definition) is 1. The maximum absolute atomic E-state index is 4.16. The Morgan fingerprint density at radius 1 is 1.12 bits per heavy atom. The van der Waals surface area contributed by atoms with Crippen LogP contribution in [0.5, 0.6) is 0 Å². The molecule has 1 aromatic carbocycles. The molecule has 0 radical (unpaired) electrons. The lowest BCUT2D eigenvalue weighted by molar-refractivity contribution is 1.11. The highest BCUT2D eigenvalue weighted by molar-refractivity contribution is 5.43. The Morgan fingerprint density at radius 2 is 1.94 bits per heavy atom.